The molecule has 0 unspecified atom stereocenters. The van der Waals surface area contributed by atoms with Gasteiger partial charge >= 0.3 is 5.97 Å². The fourth-order valence-corrected chi connectivity index (χ4v) is 1.62. The average Bonchev–Trinajstić information content (AvgIpc) is 2.36. The molecular formula is C12H13ClN2O5. The van der Waals surface area contributed by atoms with Crippen LogP contribution in [0.4, 0.5) is 5.69 Å². The number of benzene rings is 1. The SMILES string of the molecule is CN(C(=O)c1ccc([N+](=O)[O-])cc1Cl)C(C)(C)C(=O)O. The summed E-state index contributed by atoms with van der Waals surface area (Å²) in [5.41, 5.74) is -1.66. The first-order valence-electron chi connectivity index (χ1n) is 5.54. The quantitative estimate of drug-likeness (QED) is 0.678. The van der Waals surface area contributed by atoms with Crippen LogP contribution in [0.1, 0.15) is 24.2 Å². The number of carboxylic acids is 1. The van der Waals surface area contributed by atoms with Crippen molar-refractivity contribution in [3.05, 3.63) is 38.9 Å². The molecule has 0 aliphatic rings. The van der Waals surface area contributed by atoms with Gasteiger partial charge in [-0.2, -0.15) is 0 Å². The van der Waals surface area contributed by atoms with Crippen LogP contribution >= 0.6 is 11.6 Å². The normalized spacial score (nSPS) is 11.0. The Bertz CT molecular complexity index is 585. The van der Waals surface area contributed by atoms with Crippen LogP contribution in [0.2, 0.25) is 5.02 Å². The molecule has 0 atom stereocenters. The summed E-state index contributed by atoms with van der Waals surface area (Å²) in [6.07, 6.45) is 0. The molecule has 0 aromatic heterocycles. The van der Waals surface area contributed by atoms with Crippen LogP contribution in [0.25, 0.3) is 0 Å². The van der Waals surface area contributed by atoms with Gasteiger partial charge in [0, 0.05) is 19.2 Å². The van der Waals surface area contributed by atoms with Gasteiger partial charge in [0.05, 0.1) is 15.5 Å². The second-order valence-corrected chi connectivity index (χ2v) is 5.06. The molecule has 7 nitrogen and oxygen atoms in total. The maximum absolute atomic E-state index is 12.2. The lowest BCUT2D eigenvalue weighted by Crippen LogP contribution is -2.50. The number of nitro groups is 1. The van der Waals surface area contributed by atoms with E-state index in [0.29, 0.717) is 0 Å². The molecule has 0 heterocycles. The standard InChI is InChI=1S/C12H13ClN2O5/c1-12(2,11(17)18)14(3)10(16)8-5-4-7(15(19)20)6-9(8)13/h4-6H,1-3H3,(H,17,18). The molecule has 1 rings (SSSR count). The summed E-state index contributed by atoms with van der Waals surface area (Å²) in [5, 5.41) is 19.6. The van der Waals surface area contributed by atoms with Crippen LogP contribution < -0.4 is 0 Å². The Morgan fingerprint density at radius 3 is 2.35 bits per heavy atom. The summed E-state index contributed by atoms with van der Waals surface area (Å²) in [5.74, 6) is -1.80. The van der Waals surface area contributed by atoms with E-state index in [1.54, 1.807) is 0 Å². The Labute approximate surface area is 119 Å². The predicted octanol–water partition coefficient (Wildman–Crippen LogP) is 2.18. The van der Waals surface area contributed by atoms with Crippen molar-refractivity contribution >= 4 is 29.2 Å². The van der Waals surface area contributed by atoms with Gasteiger partial charge in [0.1, 0.15) is 5.54 Å². The number of carbonyl (C=O) groups excluding carboxylic acids is 1. The number of hydrogen-bond acceptors (Lipinski definition) is 4. The minimum Gasteiger partial charge on any atom is -0.480 e. The zero-order chi connectivity index (χ0) is 15.7. The summed E-state index contributed by atoms with van der Waals surface area (Å²) >= 11 is 5.84. The summed E-state index contributed by atoms with van der Waals surface area (Å²) in [7, 11) is 1.33. The highest BCUT2D eigenvalue weighted by Crippen LogP contribution is 2.25. The van der Waals surface area contributed by atoms with E-state index in [1.165, 1.54) is 27.0 Å². The molecule has 20 heavy (non-hydrogen) atoms. The van der Waals surface area contributed by atoms with E-state index in [9.17, 15) is 19.7 Å². The van der Waals surface area contributed by atoms with Gasteiger partial charge in [-0.15, -0.1) is 0 Å². The molecular weight excluding hydrogens is 288 g/mol. The van der Waals surface area contributed by atoms with E-state index in [1.807, 2.05) is 0 Å². The van der Waals surface area contributed by atoms with Gasteiger partial charge in [0.2, 0.25) is 0 Å². The Morgan fingerprint density at radius 2 is 1.95 bits per heavy atom. The van der Waals surface area contributed by atoms with E-state index in [2.05, 4.69) is 0 Å². The van der Waals surface area contributed by atoms with Crippen molar-refractivity contribution in [2.24, 2.45) is 0 Å². The summed E-state index contributed by atoms with van der Waals surface area (Å²) in [4.78, 5) is 34.3. The van der Waals surface area contributed by atoms with Gasteiger partial charge in [0.25, 0.3) is 11.6 Å². The Hall–Kier alpha value is -2.15. The third-order valence-electron chi connectivity index (χ3n) is 3.06. The van der Waals surface area contributed by atoms with Crippen LogP contribution in [0.5, 0.6) is 0 Å². The minimum absolute atomic E-state index is 0.00842. The van der Waals surface area contributed by atoms with Gasteiger partial charge in [0.15, 0.2) is 0 Å². The molecule has 0 aliphatic carbocycles. The lowest BCUT2D eigenvalue weighted by molar-refractivity contribution is -0.384. The topological polar surface area (TPSA) is 101 Å². The van der Waals surface area contributed by atoms with Crippen LogP contribution in [0.15, 0.2) is 18.2 Å². The zero-order valence-corrected chi connectivity index (χ0v) is 11.8. The van der Waals surface area contributed by atoms with Gasteiger partial charge in [-0.3, -0.25) is 14.9 Å². The monoisotopic (exact) mass is 300 g/mol. The highest BCUT2D eigenvalue weighted by molar-refractivity contribution is 6.34. The van der Waals surface area contributed by atoms with Crippen molar-refractivity contribution in [1.29, 1.82) is 0 Å². The summed E-state index contributed by atoms with van der Waals surface area (Å²) in [6.45, 7) is 2.74. The highest BCUT2D eigenvalue weighted by Gasteiger charge is 2.36. The van der Waals surface area contributed by atoms with Crippen molar-refractivity contribution in [3.63, 3.8) is 0 Å². The van der Waals surface area contributed by atoms with Crippen molar-refractivity contribution in [2.45, 2.75) is 19.4 Å². The van der Waals surface area contributed by atoms with Crippen molar-refractivity contribution in [1.82, 2.24) is 4.90 Å². The molecule has 1 N–H and O–H groups in total. The number of aliphatic carboxylic acids is 1. The molecule has 1 amide bonds. The highest BCUT2D eigenvalue weighted by atomic mass is 35.5. The predicted molar refractivity (Wildman–Crippen MR) is 71.9 cm³/mol. The van der Waals surface area contributed by atoms with Crippen LogP contribution in [-0.4, -0.2) is 39.4 Å². The van der Waals surface area contributed by atoms with Crippen molar-refractivity contribution in [2.75, 3.05) is 7.05 Å². The first kappa shape index (κ1) is 15.9. The third kappa shape index (κ3) is 2.88. The minimum atomic E-state index is -1.43. The molecule has 0 bridgehead atoms. The Balaban J connectivity index is 3.16. The summed E-state index contributed by atoms with van der Waals surface area (Å²) in [6, 6.07) is 3.40. The number of hydrogen-bond donors (Lipinski definition) is 1. The number of carboxylic acid groups (broad SMARTS) is 1. The van der Waals surface area contributed by atoms with E-state index < -0.39 is 22.3 Å². The van der Waals surface area contributed by atoms with Gasteiger partial charge in [-0.05, 0) is 19.9 Å². The molecule has 0 saturated carbocycles. The lowest BCUT2D eigenvalue weighted by Gasteiger charge is -2.31. The second-order valence-electron chi connectivity index (χ2n) is 4.65. The molecule has 0 spiro atoms. The molecule has 0 aliphatic heterocycles. The summed E-state index contributed by atoms with van der Waals surface area (Å²) < 4.78 is 0. The zero-order valence-electron chi connectivity index (χ0n) is 11.1. The van der Waals surface area contributed by atoms with Gasteiger partial charge < -0.3 is 10.0 Å². The molecule has 1 aromatic rings. The van der Waals surface area contributed by atoms with E-state index >= 15 is 0 Å². The van der Waals surface area contributed by atoms with Gasteiger partial charge in [-0.1, -0.05) is 11.6 Å². The maximum Gasteiger partial charge on any atom is 0.329 e. The second kappa shape index (κ2) is 5.46. The molecule has 1 aromatic carbocycles. The number of rotatable bonds is 4. The van der Waals surface area contributed by atoms with Crippen molar-refractivity contribution < 1.29 is 19.6 Å². The number of halogens is 1. The van der Waals surface area contributed by atoms with E-state index in [-0.39, 0.29) is 16.3 Å². The third-order valence-corrected chi connectivity index (χ3v) is 3.37. The number of non-ortho nitro benzene ring substituents is 1. The molecule has 0 radical (unpaired) electrons. The van der Waals surface area contributed by atoms with Crippen LogP contribution in [0, 0.1) is 10.1 Å². The first-order valence-corrected chi connectivity index (χ1v) is 5.92. The molecule has 0 fully saturated rings. The fraction of sp³-hybridized carbons (Fsp3) is 0.333. The van der Waals surface area contributed by atoms with Gasteiger partial charge in [-0.25, -0.2) is 4.79 Å². The Kier molecular flexibility index (Phi) is 4.34. The molecule has 0 saturated heterocycles. The lowest BCUT2D eigenvalue weighted by atomic mass is 10.0. The first-order chi connectivity index (χ1) is 9.09. The van der Waals surface area contributed by atoms with Crippen LogP contribution in [0.3, 0.4) is 0 Å². The number of carbonyl (C=O) groups is 2. The van der Waals surface area contributed by atoms with Crippen molar-refractivity contribution in [3.8, 4) is 0 Å². The number of amides is 1. The Morgan fingerprint density at radius 1 is 1.40 bits per heavy atom. The molecule has 108 valence electrons. The average molecular weight is 301 g/mol. The number of nitrogens with zero attached hydrogens (tertiary/aromatic N) is 2. The molecule has 8 heteroatoms. The maximum atomic E-state index is 12.2. The largest absolute Gasteiger partial charge is 0.480 e. The fourth-order valence-electron chi connectivity index (χ4n) is 1.37. The van der Waals surface area contributed by atoms with E-state index in [0.717, 1.165) is 17.0 Å². The smallest absolute Gasteiger partial charge is 0.329 e. The number of likely N-dealkylation sites (N-methyl/N-ethyl adjacent to an activating group) is 1. The number of nitro benzene ring substituents is 1. The van der Waals surface area contributed by atoms with E-state index in [4.69, 9.17) is 16.7 Å². The van der Waals surface area contributed by atoms with Crippen LogP contribution in [-0.2, 0) is 4.79 Å².